The zero-order valence-corrected chi connectivity index (χ0v) is 18.2. The van der Waals surface area contributed by atoms with E-state index in [4.69, 9.17) is 10.5 Å². The van der Waals surface area contributed by atoms with Crippen LogP contribution in [-0.2, 0) is 14.6 Å². The summed E-state index contributed by atoms with van der Waals surface area (Å²) in [6, 6.07) is 0.672. The van der Waals surface area contributed by atoms with E-state index in [1.165, 1.54) is 13.8 Å². The Bertz CT molecular complexity index is 1090. The number of benzene rings is 1. The third kappa shape index (κ3) is 5.13. The molecule has 1 amide bonds. The maximum Gasteiger partial charge on any atom is 0.231 e. The number of halogens is 2. The molecule has 0 saturated carbocycles. The van der Waals surface area contributed by atoms with Crippen molar-refractivity contribution in [3.63, 3.8) is 0 Å². The highest BCUT2D eigenvalue weighted by molar-refractivity contribution is 7.93. The topological polar surface area (TPSA) is 137 Å². The Labute approximate surface area is 178 Å². The van der Waals surface area contributed by atoms with E-state index in [9.17, 15) is 22.0 Å². The van der Waals surface area contributed by atoms with Crippen LogP contribution in [0.5, 0.6) is 5.88 Å². The van der Waals surface area contributed by atoms with Gasteiger partial charge < -0.3 is 15.8 Å². The summed E-state index contributed by atoms with van der Waals surface area (Å²) >= 11 is 0. The second-order valence-corrected chi connectivity index (χ2v) is 9.69. The fourth-order valence-corrected chi connectivity index (χ4v) is 4.06. The van der Waals surface area contributed by atoms with Gasteiger partial charge in [0.1, 0.15) is 16.4 Å². The van der Waals surface area contributed by atoms with Gasteiger partial charge in [-0.15, -0.1) is 0 Å². The van der Waals surface area contributed by atoms with E-state index in [2.05, 4.69) is 20.3 Å². The highest BCUT2D eigenvalue weighted by Crippen LogP contribution is 2.35. The van der Waals surface area contributed by atoms with Crippen molar-refractivity contribution >= 4 is 27.8 Å². The molecule has 1 aromatic heterocycles. The molecule has 0 saturated heterocycles. The number of hydrogen-bond acceptors (Lipinski definition) is 8. The number of amides is 1. The van der Waals surface area contributed by atoms with Gasteiger partial charge >= 0.3 is 0 Å². The number of methoxy groups -OCH3 is 1. The number of rotatable bonds is 4. The molecule has 0 radical (unpaired) electrons. The number of anilines is 1. The molecule has 1 aliphatic heterocycles. The maximum atomic E-state index is 14.3. The molecule has 2 aromatic rings. The minimum absolute atomic E-state index is 0.212. The number of nitrogens with two attached hydrogens (primary N) is 1. The van der Waals surface area contributed by atoms with Crippen LogP contribution >= 0.6 is 0 Å². The van der Waals surface area contributed by atoms with Gasteiger partial charge in [0, 0.05) is 0 Å². The molecule has 2 heterocycles. The van der Waals surface area contributed by atoms with Crippen molar-refractivity contribution < 1.29 is 26.7 Å². The van der Waals surface area contributed by atoms with Crippen molar-refractivity contribution in [1.82, 2.24) is 9.97 Å². The molecule has 0 aliphatic carbocycles. The molecule has 31 heavy (non-hydrogen) atoms. The summed E-state index contributed by atoms with van der Waals surface area (Å²) in [5.74, 6) is -2.25. The second-order valence-electron chi connectivity index (χ2n) is 7.11. The Balaban J connectivity index is 0.000000316. The number of nitrogens with zero attached hydrogens (tertiary/aromatic N) is 3. The summed E-state index contributed by atoms with van der Waals surface area (Å²) < 4.78 is 56.2. The van der Waals surface area contributed by atoms with E-state index < -0.39 is 43.6 Å². The fraction of sp³-hybridized carbons (Fsp3) is 0.368. The average molecular weight is 455 g/mol. The van der Waals surface area contributed by atoms with Crippen LogP contribution in [0.25, 0.3) is 0 Å². The zero-order valence-electron chi connectivity index (χ0n) is 17.4. The van der Waals surface area contributed by atoms with Gasteiger partial charge in [0.2, 0.25) is 12.3 Å². The zero-order chi connectivity index (χ0) is 23.4. The van der Waals surface area contributed by atoms with Crippen LogP contribution in [-0.4, -0.2) is 48.2 Å². The number of aryl methyl sites for hydroxylation is 1. The van der Waals surface area contributed by atoms with Gasteiger partial charge in [-0.3, -0.25) is 14.8 Å². The van der Waals surface area contributed by atoms with Gasteiger partial charge in [-0.2, -0.15) is 0 Å². The molecule has 1 unspecified atom stereocenters. The van der Waals surface area contributed by atoms with E-state index >= 15 is 0 Å². The van der Waals surface area contributed by atoms with Crippen LogP contribution in [0.1, 0.15) is 31.1 Å². The minimum Gasteiger partial charge on any atom is -0.480 e. The van der Waals surface area contributed by atoms with Gasteiger partial charge in [0.25, 0.3) is 0 Å². The first-order valence-corrected chi connectivity index (χ1v) is 10.7. The molecule has 9 nitrogen and oxygen atoms in total. The number of aliphatic imine (C=N–C) groups is 1. The normalized spacial score (nSPS) is 18.8. The van der Waals surface area contributed by atoms with E-state index in [-0.39, 0.29) is 17.9 Å². The Kier molecular flexibility index (Phi) is 7.26. The van der Waals surface area contributed by atoms with Crippen LogP contribution in [0.4, 0.5) is 14.5 Å². The van der Waals surface area contributed by atoms with E-state index in [1.54, 1.807) is 19.5 Å². The summed E-state index contributed by atoms with van der Waals surface area (Å²) in [6.45, 7) is 4.65. The number of carbonyl (C=O) groups is 1. The Morgan fingerprint density at radius 2 is 1.94 bits per heavy atom. The number of hydrogen-bond donors (Lipinski definition) is 2. The summed E-state index contributed by atoms with van der Waals surface area (Å²) in [7, 11) is -2.18. The van der Waals surface area contributed by atoms with Crippen LogP contribution < -0.4 is 15.8 Å². The number of amidine groups is 1. The lowest BCUT2D eigenvalue weighted by atomic mass is 10.0. The van der Waals surface area contributed by atoms with Crippen molar-refractivity contribution in [2.75, 3.05) is 18.2 Å². The SMILES string of the molecule is CC1(C)C(N)=NC(c2c(F)ccc(NC=O)c2F)CS1(=O)=O.COc1cnc(C)cn1. The molecule has 1 aromatic carbocycles. The first-order valence-electron chi connectivity index (χ1n) is 9.01. The molecule has 3 N–H and O–H groups in total. The molecule has 1 atom stereocenters. The fourth-order valence-electron chi connectivity index (χ4n) is 2.62. The van der Waals surface area contributed by atoms with Crippen molar-refractivity contribution in [2.24, 2.45) is 10.7 Å². The number of carbonyl (C=O) groups excluding carboxylic acids is 1. The molecule has 3 rings (SSSR count). The number of ether oxygens (including phenoxy) is 1. The molecule has 1 aliphatic rings. The lowest BCUT2D eigenvalue weighted by Crippen LogP contribution is -2.50. The predicted octanol–water partition coefficient (Wildman–Crippen LogP) is 1.93. The highest BCUT2D eigenvalue weighted by Gasteiger charge is 2.45. The lowest BCUT2D eigenvalue weighted by molar-refractivity contribution is -0.105. The van der Waals surface area contributed by atoms with Gasteiger partial charge in [0.05, 0.1) is 48.2 Å². The average Bonchev–Trinajstić information content (AvgIpc) is 2.70. The van der Waals surface area contributed by atoms with Gasteiger partial charge in [0.15, 0.2) is 15.7 Å². The summed E-state index contributed by atoms with van der Waals surface area (Å²) in [5, 5.41) is 2.08. The molecule has 0 bridgehead atoms. The molecule has 0 spiro atoms. The number of aromatic nitrogens is 2. The molecule has 168 valence electrons. The highest BCUT2D eigenvalue weighted by atomic mass is 32.2. The van der Waals surface area contributed by atoms with Crippen LogP contribution in [0, 0.1) is 18.6 Å². The summed E-state index contributed by atoms with van der Waals surface area (Å²) in [5.41, 5.74) is 5.77. The largest absolute Gasteiger partial charge is 0.480 e. The molecule has 0 fully saturated rings. The third-order valence-corrected chi connectivity index (χ3v) is 7.23. The quantitative estimate of drug-likeness (QED) is 0.672. The summed E-state index contributed by atoms with van der Waals surface area (Å²) in [4.78, 5) is 22.2. The number of nitrogens with one attached hydrogen (secondary N) is 1. The molecular weight excluding hydrogens is 432 g/mol. The maximum absolute atomic E-state index is 14.3. The standard InChI is InChI=1S/C13H15F2N3O3S.C6H8N2O/c1-13(2)12(16)18-9(5-22(13,20)21)10-7(14)3-4-8(11(10)15)17-6-19;1-5-3-8-6(9-2)4-7-5/h3-4,6,9H,5H2,1-2H3,(H2,16,18)(H,17,19);3-4H,1-2H3. The van der Waals surface area contributed by atoms with Crippen LogP contribution in [0.15, 0.2) is 29.5 Å². The minimum atomic E-state index is -3.75. The van der Waals surface area contributed by atoms with Crippen molar-refractivity contribution in [3.05, 3.63) is 47.4 Å². The predicted molar refractivity (Wildman–Crippen MR) is 112 cm³/mol. The Hall–Kier alpha value is -3.15. The number of sulfone groups is 1. The first kappa shape index (κ1) is 24.1. The Morgan fingerprint density at radius 1 is 1.26 bits per heavy atom. The third-order valence-electron chi connectivity index (χ3n) is 4.71. The smallest absolute Gasteiger partial charge is 0.231 e. The van der Waals surface area contributed by atoms with E-state index in [1.807, 2.05) is 6.92 Å². The van der Waals surface area contributed by atoms with Crippen molar-refractivity contribution in [3.8, 4) is 5.88 Å². The van der Waals surface area contributed by atoms with Crippen LogP contribution in [0.3, 0.4) is 0 Å². The first-order chi connectivity index (χ1) is 14.4. The lowest BCUT2D eigenvalue weighted by Gasteiger charge is -2.32. The van der Waals surface area contributed by atoms with Gasteiger partial charge in [-0.25, -0.2) is 22.2 Å². The summed E-state index contributed by atoms with van der Waals surface area (Å²) in [6.07, 6.45) is 3.49. The van der Waals surface area contributed by atoms with Crippen LogP contribution in [0.2, 0.25) is 0 Å². The Morgan fingerprint density at radius 3 is 2.45 bits per heavy atom. The van der Waals surface area contributed by atoms with E-state index in [0.29, 0.717) is 5.88 Å². The van der Waals surface area contributed by atoms with Gasteiger partial charge in [-0.1, -0.05) is 0 Å². The molecular formula is C19H23F2N5O4S. The van der Waals surface area contributed by atoms with Crippen molar-refractivity contribution in [1.29, 1.82) is 0 Å². The van der Waals surface area contributed by atoms with Gasteiger partial charge in [-0.05, 0) is 32.9 Å². The molecule has 12 heteroatoms. The second kappa shape index (κ2) is 9.33. The monoisotopic (exact) mass is 455 g/mol. The van der Waals surface area contributed by atoms with E-state index in [0.717, 1.165) is 17.8 Å². The van der Waals surface area contributed by atoms with Crippen molar-refractivity contribution in [2.45, 2.75) is 31.6 Å².